The number of rotatable bonds is 2. The maximum absolute atomic E-state index is 5.76. The Morgan fingerprint density at radius 3 is 2.84 bits per heavy atom. The molecule has 0 radical (unpaired) electrons. The van der Waals surface area contributed by atoms with Gasteiger partial charge in [-0.3, -0.25) is 5.10 Å². The van der Waals surface area contributed by atoms with Gasteiger partial charge in [-0.15, -0.1) is 0 Å². The van der Waals surface area contributed by atoms with E-state index in [1.165, 1.54) is 0 Å². The topological polar surface area (TPSA) is 89.7 Å². The molecular weight excluding hydrogens is 378 g/mol. The Hall–Kier alpha value is -1.67. The van der Waals surface area contributed by atoms with Crippen LogP contribution >= 0.6 is 31.9 Å². The largest absolute Gasteiger partial charge is 0.437 e. The Balaban J connectivity index is 2.07. The lowest BCUT2D eigenvalue weighted by atomic mass is 10.3. The molecule has 19 heavy (non-hydrogen) atoms. The molecule has 3 N–H and O–H groups in total. The van der Waals surface area contributed by atoms with Crippen molar-refractivity contribution < 1.29 is 4.74 Å². The second-order valence-electron chi connectivity index (χ2n) is 3.70. The van der Waals surface area contributed by atoms with Crippen molar-refractivity contribution in [2.45, 2.75) is 0 Å². The highest BCUT2D eigenvalue weighted by atomic mass is 79.9. The molecule has 0 aliphatic carbocycles. The number of nitrogens with two attached hydrogens (primary N) is 1. The zero-order valence-electron chi connectivity index (χ0n) is 9.39. The summed E-state index contributed by atoms with van der Waals surface area (Å²) in [5.74, 6) is 1.11. The molecule has 3 rings (SSSR count). The average Bonchev–Trinajstić information content (AvgIpc) is 2.80. The molecule has 0 saturated carbocycles. The van der Waals surface area contributed by atoms with Crippen molar-refractivity contribution in [2.24, 2.45) is 0 Å². The van der Waals surface area contributed by atoms with E-state index in [1.54, 1.807) is 6.20 Å². The summed E-state index contributed by atoms with van der Waals surface area (Å²) in [6.45, 7) is 0. The second kappa shape index (κ2) is 4.78. The third-order valence-corrected chi connectivity index (χ3v) is 3.51. The summed E-state index contributed by atoms with van der Waals surface area (Å²) in [6, 6.07) is 5.57. The second-order valence-corrected chi connectivity index (χ2v) is 5.47. The van der Waals surface area contributed by atoms with Crippen molar-refractivity contribution in [3.05, 3.63) is 33.3 Å². The SMILES string of the molecule is Nc1nc(Oc2ccc(Br)cc2Br)c2cn[nH]c2n1. The van der Waals surface area contributed by atoms with Gasteiger partial charge in [0.05, 0.1) is 10.7 Å². The van der Waals surface area contributed by atoms with Gasteiger partial charge in [0.25, 0.3) is 0 Å². The van der Waals surface area contributed by atoms with Crippen LogP contribution in [0.5, 0.6) is 11.6 Å². The summed E-state index contributed by atoms with van der Waals surface area (Å²) in [5.41, 5.74) is 6.17. The number of ether oxygens (including phenoxy) is 1. The fraction of sp³-hybridized carbons (Fsp3) is 0. The predicted octanol–water partition coefficient (Wildman–Crippen LogP) is 3.25. The van der Waals surface area contributed by atoms with Crippen LogP contribution in [0, 0.1) is 0 Å². The Labute approximate surface area is 124 Å². The lowest BCUT2D eigenvalue weighted by molar-refractivity contribution is 0.466. The molecule has 1 aromatic carbocycles. The number of fused-ring (bicyclic) bond motifs is 1. The van der Waals surface area contributed by atoms with Crippen molar-refractivity contribution in [3.63, 3.8) is 0 Å². The van der Waals surface area contributed by atoms with Crippen LogP contribution < -0.4 is 10.5 Å². The van der Waals surface area contributed by atoms with E-state index in [9.17, 15) is 0 Å². The summed E-state index contributed by atoms with van der Waals surface area (Å²) in [4.78, 5) is 8.11. The fourth-order valence-corrected chi connectivity index (χ4v) is 2.69. The van der Waals surface area contributed by atoms with Gasteiger partial charge in [0.1, 0.15) is 11.1 Å². The number of hydrogen-bond donors (Lipinski definition) is 2. The molecule has 0 amide bonds. The van der Waals surface area contributed by atoms with Gasteiger partial charge in [0, 0.05) is 4.47 Å². The Morgan fingerprint density at radius 2 is 2.05 bits per heavy atom. The third kappa shape index (κ3) is 2.41. The highest BCUT2D eigenvalue weighted by molar-refractivity contribution is 9.11. The molecule has 0 atom stereocenters. The molecule has 8 heteroatoms. The normalized spacial score (nSPS) is 10.8. The van der Waals surface area contributed by atoms with Gasteiger partial charge >= 0.3 is 0 Å². The summed E-state index contributed by atoms with van der Waals surface area (Å²) in [5, 5.41) is 7.30. The Bertz CT molecular complexity index is 758. The van der Waals surface area contributed by atoms with E-state index in [-0.39, 0.29) is 5.95 Å². The van der Waals surface area contributed by atoms with Gasteiger partial charge in [-0.05, 0) is 34.1 Å². The molecular formula is C11H7Br2N5O. The summed E-state index contributed by atoms with van der Waals surface area (Å²) in [7, 11) is 0. The van der Waals surface area contributed by atoms with E-state index in [0.717, 1.165) is 8.95 Å². The van der Waals surface area contributed by atoms with Crippen LogP contribution in [0.1, 0.15) is 0 Å². The molecule has 0 unspecified atom stereocenters. The molecule has 0 aliphatic rings. The lowest BCUT2D eigenvalue weighted by Crippen LogP contribution is -1.98. The van der Waals surface area contributed by atoms with Gasteiger partial charge in [0.2, 0.25) is 11.8 Å². The van der Waals surface area contributed by atoms with Gasteiger partial charge in [-0.2, -0.15) is 15.1 Å². The minimum Gasteiger partial charge on any atom is -0.437 e. The minimum atomic E-state index is 0.125. The van der Waals surface area contributed by atoms with Crippen molar-refractivity contribution >= 4 is 48.8 Å². The molecule has 2 heterocycles. The summed E-state index contributed by atoms with van der Waals surface area (Å²) < 4.78 is 7.51. The van der Waals surface area contributed by atoms with E-state index in [1.807, 2.05) is 18.2 Å². The highest BCUT2D eigenvalue weighted by Crippen LogP contribution is 2.33. The van der Waals surface area contributed by atoms with Crippen LogP contribution in [-0.2, 0) is 0 Å². The number of H-pyrrole nitrogens is 1. The monoisotopic (exact) mass is 383 g/mol. The van der Waals surface area contributed by atoms with Crippen molar-refractivity contribution in [2.75, 3.05) is 5.73 Å². The Kier molecular flexibility index (Phi) is 3.11. The maximum atomic E-state index is 5.76. The summed E-state index contributed by atoms with van der Waals surface area (Å²) in [6.07, 6.45) is 1.59. The predicted molar refractivity (Wildman–Crippen MR) is 78.0 cm³/mol. The van der Waals surface area contributed by atoms with Crippen molar-refractivity contribution in [1.29, 1.82) is 0 Å². The first kappa shape index (κ1) is 12.4. The molecule has 0 aliphatic heterocycles. The molecule has 0 spiro atoms. The number of nitrogens with zero attached hydrogens (tertiary/aromatic N) is 3. The van der Waals surface area contributed by atoms with Crippen LogP contribution in [0.25, 0.3) is 11.0 Å². The van der Waals surface area contributed by atoms with Crippen LogP contribution in [0.15, 0.2) is 33.3 Å². The number of aromatic amines is 1. The smallest absolute Gasteiger partial charge is 0.235 e. The van der Waals surface area contributed by atoms with Crippen LogP contribution in [0.3, 0.4) is 0 Å². The molecule has 6 nitrogen and oxygen atoms in total. The van der Waals surface area contributed by atoms with Crippen LogP contribution in [0.4, 0.5) is 5.95 Å². The van der Waals surface area contributed by atoms with E-state index in [4.69, 9.17) is 10.5 Å². The number of benzene rings is 1. The number of aromatic nitrogens is 4. The zero-order chi connectivity index (χ0) is 13.4. The summed E-state index contributed by atoms with van der Waals surface area (Å²) >= 11 is 6.81. The molecule has 3 aromatic rings. The number of halogens is 2. The van der Waals surface area contributed by atoms with E-state index in [2.05, 4.69) is 52.0 Å². The number of nitrogens with one attached hydrogen (secondary N) is 1. The van der Waals surface area contributed by atoms with E-state index >= 15 is 0 Å². The number of hydrogen-bond acceptors (Lipinski definition) is 5. The average molecular weight is 385 g/mol. The van der Waals surface area contributed by atoms with Crippen molar-refractivity contribution in [1.82, 2.24) is 20.2 Å². The minimum absolute atomic E-state index is 0.125. The standard InChI is InChI=1S/C11H7Br2N5O/c12-5-1-2-8(7(13)3-5)19-10-6-4-15-18-9(6)16-11(14)17-10/h1-4H,(H3,14,15,16,17,18). The zero-order valence-corrected chi connectivity index (χ0v) is 12.6. The first-order valence-electron chi connectivity index (χ1n) is 5.23. The number of anilines is 1. The van der Waals surface area contributed by atoms with Gasteiger partial charge in [0.15, 0.2) is 5.65 Å². The molecule has 0 fully saturated rings. The molecule has 0 bridgehead atoms. The van der Waals surface area contributed by atoms with Crippen molar-refractivity contribution in [3.8, 4) is 11.6 Å². The number of nitrogen functional groups attached to an aromatic ring is 1. The lowest BCUT2D eigenvalue weighted by Gasteiger charge is -2.08. The van der Waals surface area contributed by atoms with E-state index in [0.29, 0.717) is 22.7 Å². The van der Waals surface area contributed by atoms with Crippen LogP contribution in [-0.4, -0.2) is 20.2 Å². The third-order valence-electron chi connectivity index (χ3n) is 2.39. The Morgan fingerprint density at radius 1 is 1.21 bits per heavy atom. The maximum Gasteiger partial charge on any atom is 0.235 e. The first-order chi connectivity index (χ1) is 9.13. The van der Waals surface area contributed by atoms with Gasteiger partial charge in [-0.25, -0.2) is 0 Å². The molecule has 96 valence electrons. The van der Waals surface area contributed by atoms with Crippen LogP contribution in [0.2, 0.25) is 0 Å². The van der Waals surface area contributed by atoms with Gasteiger partial charge < -0.3 is 10.5 Å². The van der Waals surface area contributed by atoms with E-state index < -0.39 is 0 Å². The van der Waals surface area contributed by atoms with Gasteiger partial charge in [-0.1, -0.05) is 15.9 Å². The quantitative estimate of drug-likeness (QED) is 0.707. The highest BCUT2D eigenvalue weighted by Gasteiger charge is 2.12. The molecule has 0 saturated heterocycles. The molecule has 2 aromatic heterocycles. The fourth-order valence-electron chi connectivity index (χ4n) is 1.56. The first-order valence-corrected chi connectivity index (χ1v) is 6.81.